The van der Waals surface area contributed by atoms with Gasteiger partial charge in [-0.15, -0.1) is 0 Å². The lowest BCUT2D eigenvalue weighted by Crippen LogP contribution is -2.55. The Morgan fingerprint density at radius 3 is 3.00 bits per heavy atom. The average molecular weight is 282 g/mol. The summed E-state index contributed by atoms with van der Waals surface area (Å²) in [5.41, 5.74) is -1.09. The number of urea groups is 1. The number of hydrogen-bond donors (Lipinski definition) is 2. The summed E-state index contributed by atoms with van der Waals surface area (Å²) in [4.78, 5) is 29.0. The van der Waals surface area contributed by atoms with Crippen molar-refractivity contribution in [2.24, 2.45) is 0 Å². The molecule has 2 rings (SSSR count). The number of likely N-dealkylation sites (tertiary alicyclic amines) is 1. The quantitative estimate of drug-likeness (QED) is 0.834. The van der Waals surface area contributed by atoms with E-state index in [1.54, 1.807) is 0 Å². The molecule has 20 heavy (non-hydrogen) atoms. The zero-order valence-electron chi connectivity index (χ0n) is 11.3. The minimum Gasteiger partial charge on any atom is -0.479 e. The molecule has 1 unspecified atom stereocenters. The zero-order chi connectivity index (χ0) is 14.6. The first-order valence-corrected chi connectivity index (χ1v) is 6.64. The molecule has 1 atom stereocenters. The molecule has 1 fully saturated rings. The first-order valence-electron chi connectivity index (χ1n) is 6.64. The Bertz CT molecular complexity index is 476. The summed E-state index contributed by atoms with van der Waals surface area (Å²) in [6.45, 7) is 2.48. The lowest BCUT2D eigenvalue weighted by molar-refractivity contribution is -0.148. The summed E-state index contributed by atoms with van der Waals surface area (Å²) < 4.78 is 4.57. The number of hydrogen-bond acceptors (Lipinski definition) is 5. The summed E-state index contributed by atoms with van der Waals surface area (Å²) in [5, 5.41) is 15.7. The largest absolute Gasteiger partial charge is 0.479 e. The monoisotopic (exact) mass is 282 g/mol. The van der Waals surface area contributed by atoms with E-state index >= 15 is 0 Å². The van der Waals surface area contributed by atoms with Crippen LogP contribution in [0.25, 0.3) is 0 Å². The molecule has 0 bridgehead atoms. The van der Waals surface area contributed by atoms with Gasteiger partial charge in [-0.05, 0) is 19.3 Å². The number of aromatic nitrogens is 2. The second-order valence-electron chi connectivity index (χ2n) is 4.85. The van der Waals surface area contributed by atoms with E-state index in [1.165, 1.54) is 11.3 Å². The molecule has 0 spiro atoms. The Morgan fingerprint density at radius 1 is 1.60 bits per heavy atom. The van der Waals surface area contributed by atoms with Crippen molar-refractivity contribution < 1.29 is 19.2 Å². The van der Waals surface area contributed by atoms with Gasteiger partial charge in [0.25, 0.3) is 0 Å². The summed E-state index contributed by atoms with van der Waals surface area (Å²) in [7, 11) is 0. The van der Waals surface area contributed by atoms with E-state index in [4.69, 9.17) is 0 Å². The molecule has 1 aliphatic rings. The van der Waals surface area contributed by atoms with Crippen LogP contribution in [0.3, 0.4) is 0 Å². The van der Waals surface area contributed by atoms with Gasteiger partial charge >= 0.3 is 12.0 Å². The van der Waals surface area contributed by atoms with Gasteiger partial charge in [0.05, 0.1) is 6.54 Å². The maximum atomic E-state index is 12.2. The maximum absolute atomic E-state index is 12.2. The number of rotatable bonds is 5. The minimum absolute atomic E-state index is 0.119. The molecule has 0 aromatic carbocycles. The number of carboxylic acid groups (broad SMARTS) is 1. The molecule has 2 N–H and O–H groups in total. The Hall–Kier alpha value is -2.12. The van der Waals surface area contributed by atoms with Gasteiger partial charge in [0.15, 0.2) is 5.82 Å². The van der Waals surface area contributed by atoms with Crippen molar-refractivity contribution in [1.82, 2.24) is 20.4 Å². The molecule has 2 heterocycles. The number of carboxylic acids is 1. The van der Waals surface area contributed by atoms with Gasteiger partial charge in [0, 0.05) is 6.54 Å². The van der Waals surface area contributed by atoms with Crippen LogP contribution in [0.15, 0.2) is 10.9 Å². The van der Waals surface area contributed by atoms with Crippen LogP contribution in [-0.4, -0.2) is 44.2 Å². The van der Waals surface area contributed by atoms with Crippen LogP contribution < -0.4 is 5.32 Å². The topological polar surface area (TPSA) is 109 Å². The highest BCUT2D eigenvalue weighted by molar-refractivity contribution is 5.87. The van der Waals surface area contributed by atoms with Crippen LogP contribution >= 0.6 is 0 Å². The highest BCUT2D eigenvalue weighted by Crippen LogP contribution is 2.34. The fraction of sp³-hybridized carbons (Fsp3) is 0.667. The molecular formula is C12H18N4O4. The van der Waals surface area contributed by atoms with E-state index in [0.29, 0.717) is 38.1 Å². The van der Waals surface area contributed by atoms with Crippen molar-refractivity contribution in [2.45, 2.75) is 44.7 Å². The molecule has 0 saturated carbocycles. The molecule has 1 saturated heterocycles. The number of amides is 2. The normalized spacial score (nSPS) is 21.9. The van der Waals surface area contributed by atoms with Gasteiger partial charge in [-0.1, -0.05) is 18.5 Å². The van der Waals surface area contributed by atoms with E-state index in [2.05, 4.69) is 20.0 Å². The molecule has 1 aliphatic heterocycles. The van der Waals surface area contributed by atoms with Crippen LogP contribution in [0.2, 0.25) is 0 Å². The van der Waals surface area contributed by atoms with Gasteiger partial charge < -0.3 is 19.8 Å². The van der Waals surface area contributed by atoms with Crippen LogP contribution in [0.4, 0.5) is 4.79 Å². The molecule has 2 amide bonds. The molecule has 0 aliphatic carbocycles. The molecule has 110 valence electrons. The van der Waals surface area contributed by atoms with E-state index in [-0.39, 0.29) is 6.54 Å². The maximum Gasteiger partial charge on any atom is 0.329 e. The predicted molar refractivity (Wildman–Crippen MR) is 67.7 cm³/mol. The van der Waals surface area contributed by atoms with E-state index in [0.717, 1.165) is 0 Å². The molecular weight excluding hydrogens is 264 g/mol. The van der Waals surface area contributed by atoms with Crippen molar-refractivity contribution in [2.75, 3.05) is 6.54 Å². The third-order valence-electron chi connectivity index (χ3n) is 3.60. The van der Waals surface area contributed by atoms with Crippen LogP contribution in [0.5, 0.6) is 0 Å². The van der Waals surface area contributed by atoms with Crippen LogP contribution in [0.1, 0.15) is 38.4 Å². The minimum atomic E-state index is -1.09. The fourth-order valence-electron chi connectivity index (χ4n) is 2.70. The number of nitrogens with zero attached hydrogens (tertiary/aromatic N) is 3. The Morgan fingerprint density at radius 2 is 2.40 bits per heavy atom. The SMILES string of the molecule is CCCC1(C(=O)O)CCCN1C(=O)NCc1ncon1. The van der Waals surface area contributed by atoms with Crippen molar-refractivity contribution in [3.05, 3.63) is 12.2 Å². The van der Waals surface area contributed by atoms with E-state index < -0.39 is 17.5 Å². The number of carbonyl (C=O) groups excluding carboxylic acids is 1. The van der Waals surface area contributed by atoms with Crippen LogP contribution in [0, 0.1) is 0 Å². The average Bonchev–Trinajstić information content (AvgIpc) is 3.06. The molecule has 1 aromatic heterocycles. The number of nitrogens with one attached hydrogen (secondary N) is 1. The van der Waals surface area contributed by atoms with Crippen molar-refractivity contribution in [3.63, 3.8) is 0 Å². The fourth-order valence-corrected chi connectivity index (χ4v) is 2.70. The van der Waals surface area contributed by atoms with Gasteiger partial charge in [0.2, 0.25) is 6.39 Å². The highest BCUT2D eigenvalue weighted by Gasteiger charge is 2.49. The summed E-state index contributed by atoms with van der Waals surface area (Å²) in [6.07, 6.45) is 3.53. The predicted octanol–water partition coefficient (Wildman–Crippen LogP) is 0.998. The Labute approximate surface area is 116 Å². The second-order valence-corrected chi connectivity index (χ2v) is 4.85. The number of carbonyl (C=O) groups is 2. The third-order valence-corrected chi connectivity index (χ3v) is 3.60. The summed E-state index contributed by atoms with van der Waals surface area (Å²) in [5.74, 6) is -0.583. The summed E-state index contributed by atoms with van der Waals surface area (Å²) >= 11 is 0. The van der Waals surface area contributed by atoms with Gasteiger partial charge in [-0.2, -0.15) is 4.98 Å². The van der Waals surface area contributed by atoms with Crippen LogP contribution in [-0.2, 0) is 11.3 Å². The zero-order valence-corrected chi connectivity index (χ0v) is 11.3. The van der Waals surface area contributed by atoms with Crippen molar-refractivity contribution >= 4 is 12.0 Å². The lowest BCUT2D eigenvalue weighted by Gasteiger charge is -2.34. The van der Waals surface area contributed by atoms with Crippen molar-refractivity contribution in [3.8, 4) is 0 Å². The summed E-state index contributed by atoms with van der Waals surface area (Å²) in [6, 6.07) is -0.400. The number of aliphatic carboxylic acids is 1. The molecule has 1 aromatic rings. The molecule has 8 nitrogen and oxygen atoms in total. The van der Waals surface area contributed by atoms with E-state index in [1.807, 2.05) is 6.92 Å². The Kier molecular flexibility index (Phi) is 4.21. The lowest BCUT2D eigenvalue weighted by atomic mass is 9.91. The first-order chi connectivity index (χ1) is 9.60. The van der Waals surface area contributed by atoms with Gasteiger partial charge in [0.1, 0.15) is 5.54 Å². The first kappa shape index (κ1) is 14.3. The van der Waals surface area contributed by atoms with Gasteiger partial charge in [-0.25, -0.2) is 9.59 Å². The third kappa shape index (κ3) is 2.59. The smallest absolute Gasteiger partial charge is 0.329 e. The van der Waals surface area contributed by atoms with Crippen molar-refractivity contribution in [1.29, 1.82) is 0 Å². The van der Waals surface area contributed by atoms with Gasteiger partial charge in [-0.3, -0.25) is 0 Å². The molecule has 0 radical (unpaired) electrons. The Balaban J connectivity index is 2.05. The highest BCUT2D eigenvalue weighted by atomic mass is 16.5. The van der Waals surface area contributed by atoms with E-state index in [9.17, 15) is 14.7 Å². The molecule has 8 heteroatoms. The standard InChI is InChI=1S/C12H18N4O4/c1-2-4-12(10(17)18)5-3-6-16(12)11(19)13-7-9-14-8-20-15-9/h8H,2-7H2,1H3,(H,13,19)(H,17,18). The second kappa shape index (κ2) is 5.89.